The Morgan fingerprint density at radius 3 is 1.29 bits per heavy atom. The summed E-state index contributed by atoms with van der Waals surface area (Å²) in [7, 11) is 0. The van der Waals surface area contributed by atoms with Crippen molar-refractivity contribution in [3.05, 3.63) is 170 Å². The highest BCUT2D eigenvalue weighted by atomic mass is 14.3. The third-order valence-electron chi connectivity index (χ3n) is 10.7. The summed E-state index contributed by atoms with van der Waals surface area (Å²) in [5.74, 6) is 0. The molecule has 0 heterocycles. The highest BCUT2D eigenvalue weighted by molar-refractivity contribution is 6.37. The van der Waals surface area contributed by atoms with Gasteiger partial charge in [0.05, 0.1) is 0 Å². The first kappa shape index (κ1) is 25.9. The topological polar surface area (TPSA) is 0 Å². The van der Waals surface area contributed by atoms with Crippen molar-refractivity contribution >= 4 is 53.9 Å². The molecule has 0 heteroatoms. The second-order valence-electron chi connectivity index (χ2n) is 13.2. The summed E-state index contributed by atoms with van der Waals surface area (Å²) in [6, 6.07) is 63.2. The van der Waals surface area contributed by atoms with E-state index in [1.54, 1.807) is 0 Å². The SMILES string of the molecule is c1ccc(-c2c3c(c(-c4ccccc4)c4cc5ccccc5cc24)-c2cc4cccc5cc(-c6ccccc6)c6ccc-3c2c6c54)cc1. The van der Waals surface area contributed by atoms with Crippen molar-refractivity contribution in [3.8, 4) is 55.6 Å². The minimum Gasteiger partial charge on any atom is -0.0622 e. The molecule has 10 aromatic carbocycles. The molecule has 0 nitrogen and oxygen atoms in total. The van der Waals surface area contributed by atoms with Crippen molar-refractivity contribution in [1.82, 2.24) is 0 Å². The predicted molar refractivity (Wildman–Crippen MR) is 206 cm³/mol. The highest BCUT2D eigenvalue weighted by Gasteiger charge is 2.32. The molecule has 1 aliphatic rings. The highest BCUT2D eigenvalue weighted by Crippen LogP contribution is 2.60. The number of fused-ring (bicyclic) bond motifs is 5. The van der Waals surface area contributed by atoms with E-state index in [9.17, 15) is 0 Å². The van der Waals surface area contributed by atoms with Crippen LogP contribution in [0.5, 0.6) is 0 Å². The number of rotatable bonds is 3. The van der Waals surface area contributed by atoms with Crippen LogP contribution in [-0.2, 0) is 0 Å². The molecule has 0 saturated carbocycles. The summed E-state index contributed by atoms with van der Waals surface area (Å²) in [6.07, 6.45) is 0. The number of benzene rings is 10. The van der Waals surface area contributed by atoms with Gasteiger partial charge in [0.2, 0.25) is 0 Å². The molecule has 0 saturated heterocycles. The monoisotopic (exact) mass is 604 g/mol. The van der Waals surface area contributed by atoms with Gasteiger partial charge in [0.1, 0.15) is 0 Å². The zero-order valence-electron chi connectivity index (χ0n) is 26.2. The third kappa shape index (κ3) is 3.44. The van der Waals surface area contributed by atoms with Crippen molar-refractivity contribution in [2.45, 2.75) is 0 Å². The van der Waals surface area contributed by atoms with E-state index in [0.717, 1.165) is 0 Å². The first-order valence-corrected chi connectivity index (χ1v) is 16.8. The third-order valence-corrected chi connectivity index (χ3v) is 10.7. The van der Waals surface area contributed by atoms with Gasteiger partial charge in [0.25, 0.3) is 0 Å². The molecule has 1 aliphatic carbocycles. The molecule has 48 heavy (non-hydrogen) atoms. The molecule has 11 rings (SSSR count). The van der Waals surface area contributed by atoms with Gasteiger partial charge in [-0.15, -0.1) is 0 Å². The minimum atomic E-state index is 1.25. The molecule has 220 valence electrons. The lowest BCUT2D eigenvalue weighted by Gasteiger charge is -2.21. The van der Waals surface area contributed by atoms with Crippen LogP contribution in [-0.4, -0.2) is 0 Å². The second kappa shape index (κ2) is 9.64. The summed E-state index contributed by atoms with van der Waals surface area (Å²) in [5, 5.41) is 13.1. The predicted octanol–water partition coefficient (Wildman–Crippen LogP) is 13.5. The van der Waals surface area contributed by atoms with Crippen molar-refractivity contribution in [2.24, 2.45) is 0 Å². The molecule has 0 N–H and O–H groups in total. The van der Waals surface area contributed by atoms with Crippen molar-refractivity contribution in [1.29, 1.82) is 0 Å². The normalized spacial score (nSPS) is 12.2. The summed E-state index contributed by atoms with van der Waals surface area (Å²) >= 11 is 0. The standard InChI is InChI=1S/C48H28/c1-4-13-29(14-5-1)38-27-34-21-12-22-35-28-41-45-37(24-23-36(38)46(45)42(34)35)47-43(30-15-6-2-7-16-30)39-25-32-19-10-11-20-33(32)26-40(39)44(48(41)47)31-17-8-3-9-18-31/h1-28H. The molecule has 0 fully saturated rings. The lowest BCUT2D eigenvalue weighted by Crippen LogP contribution is -1.94. The molecular formula is C48H28. The van der Waals surface area contributed by atoms with E-state index in [0.29, 0.717) is 0 Å². The van der Waals surface area contributed by atoms with E-state index in [-0.39, 0.29) is 0 Å². The van der Waals surface area contributed by atoms with Crippen LogP contribution >= 0.6 is 0 Å². The van der Waals surface area contributed by atoms with Gasteiger partial charge in [-0.3, -0.25) is 0 Å². The van der Waals surface area contributed by atoms with E-state index in [1.807, 2.05) is 0 Å². The fourth-order valence-corrected chi connectivity index (χ4v) is 8.73. The summed E-state index contributed by atoms with van der Waals surface area (Å²) in [4.78, 5) is 0. The molecule has 10 aromatic rings. The quantitative estimate of drug-likeness (QED) is 0.139. The molecular weight excluding hydrogens is 577 g/mol. The zero-order valence-corrected chi connectivity index (χ0v) is 26.2. The summed E-state index contributed by atoms with van der Waals surface area (Å²) < 4.78 is 0. The molecule has 0 amide bonds. The molecule has 0 atom stereocenters. The Morgan fingerprint density at radius 1 is 0.229 bits per heavy atom. The van der Waals surface area contributed by atoms with Crippen molar-refractivity contribution < 1.29 is 0 Å². The average Bonchev–Trinajstić information content (AvgIpc) is 3.47. The maximum atomic E-state index is 2.48. The Bertz CT molecular complexity index is 2900. The maximum absolute atomic E-state index is 2.48. The molecule has 0 bridgehead atoms. The van der Waals surface area contributed by atoms with Gasteiger partial charge in [0, 0.05) is 0 Å². The van der Waals surface area contributed by atoms with Crippen LogP contribution in [0.3, 0.4) is 0 Å². The van der Waals surface area contributed by atoms with Gasteiger partial charge >= 0.3 is 0 Å². The molecule has 0 unspecified atom stereocenters. The smallest absolute Gasteiger partial charge is 0.000719 e. The summed E-state index contributed by atoms with van der Waals surface area (Å²) in [5.41, 5.74) is 13.0. The van der Waals surface area contributed by atoms with Crippen LogP contribution in [0.4, 0.5) is 0 Å². The lowest BCUT2D eigenvalue weighted by molar-refractivity contribution is 1.63. The summed E-state index contributed by atoms with van der Waals surface area (Å²) in [6.45, 7) is 0. The Labute approximate surface area is 278 Å². The van der Waals surface area contributed by atoms with E-state index in [1.165, 1.54) is 109 Å². The van der Waals surface area contributed by atoms with Gasteiger partial charge in [-0.05, 0) is 134 Å². The maximum Gasteiger partial charge on any atom is -0.000719 e. The van der Waals surface area contributed by atoms with E-state index in [4.69, 9.17) is 0 Å². The first-order valence-electron chi connectivity index (χ1n) is 16.8. The fourth-order valence-electron chi connectivity index (χ4n) is 8.73. The van der Waals surface area contributed by atoms with Crippen molar-refractivity contribution in [3.63, 3.8) is 0 Å². The molecule has 0 aliphatic heterocycles. The van der Waals surface area contributed by atoms with Gasteiger partial charge in [-0.2, -0.15) is 0 Å². The van der Waals surface area contributed by atoms with E-state index >= 15 is 0 Å². The van der Waals surface area contributed by atoms with Gasteiger partial charge < -0.3 is 0 Å². The largest absolute Gasteiger partial charge is 0.0622 e. The van der Waals surface area contributed by atoms with Crippen LogP contribution in [0, 0.1) is 0 Å². The van der Waals surface area contributed by atoms with Crippen LogP contribution in [0.15, 0.2) is 170 Å². The minimum absolute atomic E-state index is 1.25. The van der Waals surface area contributed by atoms with E-state index < -0.39 is 0 Å². The lowest BCUT2D eigenvalue weighted by atomic mass is 9.81. The van der Waals surface area contributed by atoms with Crippen LogP contribution in [0.1, 0.15) is 0 Å². The molecule has 0 spiro atoms. The van der Waals surface area contributed by atoms with Gasteiger partial charge in [0.15, 0.2) is 0 Å². The van der Waals surface area contributed by atoms with Crippen LogP contribution in [0.25, 0.3) is 109 Å². The van der Waals surface area contributed by atoms with Gasteiger partial charge in [-0.1, -0.05) is 146 Å². The number of hydrogen-bond acceptors (Lipinski definition) is 0. The Morgan fingerprint density at radius 2 is 0.708 bits per heavy atom. The van der Waals surface area contributed by atoms with E-state index in [2.05, 4.69) is 170 Å². The van der Waals surface area contributed by atoms with Crippen molar-refractivity contribution in [2.75, 3.05) is 0 Å². The van der Waals surface area contributed by atoms with Crippen LogP contribution < -0.4 is 0 Å². The second-order valence-corrected chi connectivity index (χ2v) is 13.2. The Balaban J connectivity index is 1.41. The van der Waals surface area contributed by atoms with Gasteiger partial charge in [-0.25, -0.2) is 0 Å². The Hall–Kier alpha value is -6.24. The average molecular weight is 605 g/mol. The fraction of sp³-hybridized carbons (Fsp3) is 0. The molecule has 0 radical (unpaired) electrons. The number of hydrogen-bond donors (Lipinski definition) is 0. The molecule has 0 aromatic heterocycles. The first-order chi connectivity index (χ1) is 23.8. The zero-order chi connectivity index (χ0) is 31.3. The van der Waals surface area contributed by atoms with Crippen LogP contribution in [0.2, 0.25) is 0 Å². The Kier molecular flexibility index (Phi) is 5.20.